The van der Waals surface area contributed by atoms with E-state index in [0.717, 1.165) is 24.6 Å². The van der Waals surface area contributed by atoms with Crippen LogP contribution < -0.4 is 5.32 Å². The summed E-state index contributed by atoms with van der Waals surface area (Å²) in [7, 11) is 0. The molecule has 1 aromatic heterocycles. The maximum absolute atomic E-state index is 4.26. The quantitative estimate of drug-likeness (QED) is 0.874. The summed E-state index contributed by atoms with van der Waals surface area (Å²) in [5.74, 6) is 0.799. The van der Waals surface area contributed by atoms with E-state index < -0.39 is 0 Å². The van der Waals surface area contributed by atoms with E-state index in [1.54, 1.807) is 0 Å². The van der Waals surface area contributed by atoms with Gasteiger partial charge in [-0.05, 0) is 54.4 Å². The Balaban J connectivity index is 1.86. The molecule has 1 N–H and O–H groups in total. The smallest absolute Gasteiger partial charge is 0.0804 e. The minimum absolute atomic E-state index is 0.223. The molecule has 1 aromatic carbocycles. The lowest BCUT2D eigenvalue weighted by molar-refractivity contribution is 0.419. The fraction of sp³-hybridized carbons (Fsp3) is 0.529. The minimum Gasteiger partial charge on any atom is -0.306 e. The zero-order chi connectivity index (χ0) is 14.7. The van der Waals surface area contributed by atoms with Crippen LogP contribution in [0.3, 0.4) is 0 Å². The van der Waals surface area contributed by atoms with Gasteiger partial charge in [0.25, 0.3) is 0 Å². The molecule has 1 aliphatic carbocycles. The van der Waals surface area contributed by atoms with Crippen LogP contribution in [0.4, 0.5) is 0 Å². The fourth-order valence-electron chi connectivity index (χ4n) is 2.95. The third-order valence-electron chi connectivity index (χ3n) is 4.44. The molecule has 1 fully saturated rings. The number of aryl methyl sites for hydroxylation is 1. The fourth-order valence-corrected chi connectivity index (χ4v) is 3.79. The van der Waals surface area contributed by atoms with Crippen LogP contribution in [0.25, 0.3) is 0 Å². The number of benzene rings is 1. The molecule has 0 amide bonds. The van der Waals surface area contributed by atoms with Gasteiger partial charge in [-0.3, -0.25) is 0 Å². The van der Waals surface area contributed by atoms with Crippen LogP contribution in [0, 0.1) is 0 Å². The summed E-state index contributed by atoms with van der Waals surface area (Å²) < 4.78 is 4.14. The molecule has 1 aliphatic rings. The predicted molar refractivity (Wildman–Crippen MR) is 87.8 cm³/mol. The zero-order valence-electron chi connectivity index (χ0n) is 12.8. The lowest BCUT2D eigenvalue weighted by Gasteiger charge is -2.26. The molecule has 1 saturated carbocycles. The third-order valence-corrected chi connectivity index (χ3v) is 5.27. The van der Waals surface area contributed by atoms with Crippen LogP contribution in [0.1, 0.15) is 66.8 Å². The SMILES string of the molecule is CCNC(c1ccc(C2CCC2)cc1)c1snnc1CC. The minimum atomic E-state index is 0.223. The van der Waals surface area contributed by atoms with Gasteiger partial charge < -0.3 is 5.32 Å². The van der Waals surface area contributed by atoms with Crippen molar-refractivity contribution in [3.05, 3.63) is 46.0 Å². The second-order valence-corrected chi connectivity index (χ2v) is 6.51. The summed E-state index contributed by atoms with van der Waals surface area (Å²) in [4.78, 5) is 1.26. The van der Waals surface area contributed by atoms with Crippen LogP contribution in [-0.2, 0) is 6.42 Å². The number of hydrogen-bond acceptors (Lipinski definition) is 4. The Bertz CT molecular complexity index is 572. The van der Waals surface area contributed by atoms with Gasteiger partial charge in [0, 0.05) is 0 Å². The van der Waals surface area contributed by atoms with E-state index in [1.807, 2.05) is 0 Å². The van der Waals surface area contributed by atoms with Gasteiger partial charge >= 0.3 is 0 Å². The summed E-state index contributed by atoms with van der Waals surface area (Å²) in [6, 6.07) is 9.40. The van der Waals surface area contributed by atoms with Crippen molar-refractivity contribution in [1.29, 1.82) is 0 Å². The number of aromatic nitrogens is 2. The van der Waals surface area contributed by atoms with Crippen molar-refractivity contribution >= 4 is 11.5 Å². The second-order valence-electron chi connectivity index (χ2n) is 5.72. The predicted octanol–water partition coefficient (Wildman–Crippen LogP) is 4.07. The molecule has 1 heterocycles. The highest BCUT2D eigenvalue weighted by Crippen LogP contribution is 2.37. The van der Waals surface area contributed by atoms with Gasteiger partial charge in [-0.25, -0.2) is 0 Å². The molecule has 3 rings (SSSR count). The molecule has 2 aromatic rings. The van der Waals surface area contributed by atoms with Gasteiger partial charge in [0.2, 0.25) is 0 Å². The highest BCUT2D eigenvalue weighted by atomic mass is 32.1. The Morgan fingerprint density at radius 1 is 1.24 bits per heavy atom. The highest BCUT2D eigenvalue weighted by molar-refractivity contribution is 7.05. The first-order valence-corrected chi connectivity index (χ1v) is 8.75. The maximum Gasteiger partial charge on any atom is 0.0804 e. The topological polar surface area (TPSA) is 37.8 Å². The molecule has 0 aliphatic heterocycles. The van der Waals surface area contributed by atoms with Crippen LogP contribution in [0.15, 0.2) is 24.3 Å². The zero-order valence-corrected chi connectivity index (χ0v) is 13.6. The first-order valence-electron chi connectivity index (χ1n) is 7.97. The van der Waals surface area contributed by atoms with Crippen LogP contribution >= 0.6 is 11.5 Å². The molecule has 21 heavy (non-hydrogen) atoms. The lowest BCUT2D eigenvalue weighted by Crippen LogP contribution is -2.22. The van der Waals surface area contributed by atoms with Crippen LogP contribution in [0.5, 0.6) is 0 Å². The number of nitrogens with one attached hydrogen (secondary N) is 1. The number of nitrogens with zero attached hydrogens (tertiary/aromatic N) is 2. The maximum atomic E-state index is 4.26. The summed E-state index contributed by atoms with van der Waals surface area (Å²) in [6.07, 6.45) is 5.04. The molecule has 0 radical (unpaired) electrons. The van der Waals surface area contributed by atoms with E-state index in [9.17, 15) is 0 Å². The van der Waals surface area contributed by atoms with Gasteiger partial charge in [0.05, 0.1) is 16.6 Å². The Labute approximate surface area is 131 Å². The van der Waals surface area contributed by atoms with Gasteiger partial charge in [0.1, 0.15) is 0 Å². The second kappa shape index (κ2) is 6.67. The summed E-state index contributed by atoms with van der Waals surface area (Å²) in [6.45, 7) is 5.23. The van der Waals surface area contributed by atoms with Crippen molar-refractivity contribution in [2.24, 2.45) is 0 Å². The first-order chi connectivity index (χ1) is 10.3. The lowest BCUT2D eigenvalue weighted by atomic mass is 9.80. The standard InChI is InChI=1S/C17H23N3S/c1-3-15-17(21-20-19-15)16(18-4-2)14-10-8-13(9-11-14)12-6-5-7-12/h8-12,16,18H,3-7H2,1-2H3. The molecule has 3 nitrogen and oxygen atoms in total. The van der Waals surface area contributed by atoms with E-state index in [1.165, 1.54) is 46.8 Å². The third kappa shape index (κ3) is 3.01. The van der Waals surface area contributed by atoms with E-state index >= 15 is 0 Å². The summed E-state index contributed by atoms with van der Waals surface area (Å²) in [5, 5.41) is 7.84. The average molecular weight is 301 g/mol. The average Bonchev–Trinajstić information content (AvgIpc) is 2.92. The number of hydrogen-bond donors (Lipinski definition) is 1. The molecule has 112 valence electrons. The van der Waals surface area contributed by atoms with Crippen molar-refractivity contribution < 1.29 is 0 Å². The molecule has 4 heteroatoms. The van der Waals surface area contributed by atoms with Crippen molar-refractivity contribution in [3.8, 4) is 0 Å². The molecule has 1 atom stereocenters. The summed E-state index contributed by atoms with van der Waals surface area (Å²) in [5.41, 5.74) is 3.94. The Morgan fingerprint density at radius 2 is 2.00 bits per heavy atom. The van der Waals surface area contributed by atoms with Gasteiger partial charge in [0.15, 0.2) is 0 Å². The van der Waals surface area contributed by atoms with Crippen molar-refractivity contribution in [2.75, 3.05) is 6.54 Å². The molecule has 1 unspecified atom stereocenters. The van der Waals surface area contributed by atoms with E-state index in [2.05, 4.69) is 53.0 Å². The molecule has 0 saturated heterocycles. The Kier molecular flexibility index (Phi) is 4.66. The highest BCUT2D eigenvalue weighted by Gasteiger charge is 2.22. The largest absolute Gasteiger partial charge is 0.306 e. The monoisotopic (exact) mass is 301 g/mol. The summed E-state index contributed by atoms with van der Waals surface area (Å²) >= 11 is 1.52. The first kappa shape index (κ1) is 14.7. The molecular formula is C17H23N3S. The van der Waals surface area contributed by atoms with Gasteiger partial charge in [-0.15, -0.1) is 5.10 Å². The van der Waals surface area contributed by atoms with Gasteiger partial charge in [-0.2, -0.15) is 0 Å². The van der Waals surface area contributed by atoms with Crippen molar-refractivity contribution in [2.45, 2.75) is 51.5 Å². The molecule has 0 bridgehead atoms. The number of rotatable bonds is 6. The Morgan fingerprint density at radius 3 is 2.57 bits per heavy atom. The van der Waals surface area contributed by atoms with Gasteiger partial charge in [-0.1, -0.05) is 49.0 Å². The molecular weight excluding hydrogens is 278 g/mol. The normalized spacial score (nSPS) is 16.7. The Hall–Kier alpha value is -1.26. The van der Waals surface area contributed by atoms with Crippen LogP contribution in [0.2, 0.25) is 0 Å². The van der Waals surface area contributed by atoms with E-state index in [-0.39, 0.29) is 6.04 Å². The van der Waals surface area contributed by atoms with Crippen molar-refractivity contribution in [3.63, 3.8) is 0 Å². The van der Waals surface area contributed by atoms with E-state index in [4.69, 9.17) is 0 Å². The van der Waals surface area contributed by atoms with Crippen molar-refractivity contribution in [1.82, 2.24) is 14.9 Å². The van der Waals surface area contributed by atoms with Crippen LogP contribution in [-0.4, -0.2) is 16.1 Å². The van der Waals surface area contributed by atoms with E-state index in [0.29, 0.717) is 0 Å². The molecule has 0 spiro atoms.